The highest BCUT2D eigenvalue weighted by Crippen LogP contribution is 2.02. The minimum Gasteiger partial charge on any atom is -0.348 e. The van der Waals surface area contributed by atoms with Crippen LogP contribution >= 0.6 is 0 Å². The van der Waals surface area contributed by atoms with Gasteiger partial charge in [0.25, 0.3) is 0 Å². The normalized spacial score (nSPS) is 16.5. The van der Waals surface area contributed by atoms with Crippen LogP contribution in [0.1, 0.15) is 13.3 Å². The Bertz CT molecular complexity index is 299. The van der Waals surface area contributed by atoms with Crippen molar-refractivity contribution in [2.75, 3.05) is 59.9 Å². The van der Waals surface area contributed by atoms with Gasteiger partial charge in [-0.2, -0.15) is 0 Å². The smallest absolute Gasteiger partial charge is 0.236 e. The number of nitrogens with zero attached hydrogens (tertiary/aromatic N) is 3. The standard InChI is InChI=1S/C13H26N4O2/c1-4-5-14-10-12(18)17-8-6-16(7-9-17)11-13(19)15(2)3/h14H,4-11H2,1-3H3. The molecule has 1 saturated heterocycles. The lowest BCUT2D eigenvalue weighted by Crippen LogP contribution is -2.52. The molecule has 6 heteroatoms. The summed E-state index contributed by atoms with van der Waals surface area (Å²) in [6.45, 7) is 6.81. The first-order chi connectivity index (χ1) is 9.04. The van der Waals surface area contributed by atoms with Crippen LogP contribution in [0.3, 0.4) is 0 Å². The molecule has 6 nitrogen and oxygen atoms in total. The van der Waals surface area contributed by atoms with Crippen LogP contribution in [0.2, 0.25) is 0 Å². The first-order valence-corrected chi connectivity index (χ1v) is 6.95. The van der Waals surface area contributed by atoms with E-state index in [2.05, 4.69) is 17.1 Å². The van der Waals surface area contributed by atoms with Gasteiger partial charge in [0, 0.05) is 40.3 Å². The highest BCUT2D eigenvalue weighted by Gasteiger charge is 2.22. The molecule has 0 saturated carbocycles. The largest absolute Gasteiger partial charge is 0.348 e. The van der Waals surface area contributed by atoms with Crippen LogP contribution in [-0.2, 0) is 9.59 Å². The van der Waals surface area contributed by atoms with Crippen LogP contribution in [0.25, 0.3) is 0 Å². The minimum absolute atomic E-state index is 0.115. The van der Waals surface area contributed by atoms with Crippen LogP contribution in [0.4, 0.5) is 0 Å². The highest BCUT2D eigenvalue weighted by atomic mass is 16.2. The van der Waals surface area contributed by atoms with Crippen molar-refractivity contribution in [3.8, 4) is 0 Å². The molecule has 110 valence electrons. The summed E-state index contributed by atoms with van der Waals surface area (Å²) >= 11 is 0. The summed E-state index contributed by atoms with van der Waals surface area (Å²) in [5.41, 5.74) is 0. The van der Waals surface area contributed by atoms with Gasteiger partial charge in [0.05, 0.1) is 13.1 Å². The maximum absolute atomic E-state index is 11.9. The van der Waals surface area contributed by atoms with Crippen molar-refractivity contribution in [1.82, 2.24) is 20.0 Å². The van der Waals surface area contributed by atoms with Gasteiger partial charge in [-0.1, -0.05) is 6.92 Å². The average molecular weight is 270 g/mol. The molecule has 1 N–H and O–H groups in total. The van der Waals surface area contributed by atoms with Gasteiger partial charge >= 0.3 is 0 Å². The maximum Gasteiger partial charge on any atom is 0.236 e. The molecule has 0 aromatic heterocycles. The Morgan fingerprint density at radius 2 is 1.79 bits per heavy atom. The fourth-order valence-electron chi connectivity index (χ4n) is 1.97. The number of likely N-dealkylation sites (N-methyl/N-ethyl adjacent to an activating group) is 1. The zero-order valence-electron chi connectivity index (χ0n) is 12.3. The number of amides is 2. The van der Waals surface area contributed by atoms with E-state index in [-0.39, 0.29) is 11.8 Å². The quantitative estimate of drug-likeness (QED) is 0.643. The molecular weight excluding hydrogens is 244 g/mol. The fraction of sp³-hybridized carbons (Fsp3) is 0.846. The third-order valence-corrected chi connectivity index (χ3v) is 3.29. The molecule has 0 aliphatic carbocycles. The predicted octanol–water partition coefficient (Wildman–Crippen LogP) is -0.782. The van der Waals surface area contributed by atoms with Crippen LogP contribution in [0.5, 0.6) is 0 Å². The molecule has 1 heterocycles. The SMILES string of the molecule is CCCNCC(=O)N1CCN(CC(=O)N(C)C)CC1. The van der Waals surface area contributed by atoms with E-state index in [9.17, 15) is 9.59 Å². The number of carbonyl (C=O) groups excluding carboxylic acids is 2. The first kappa shape index (κ1) is 15.9. The zero-order chi connectivity index (χ0) is 14.3. The topological polar surface area (TPSA) is 55.9 Å². The Kier molecular flexibility index (Phi) is 6.80. The number of carbonyl (C=O) groups is 2. The van der Waals surface area contributed by atoms with Crippen molar-refractivity contribution >= 4 is 11.8 Å². The summed E-state index contributed by atoms with van der Waals surface area (Å²) < 4.78 is 0. The van der Waals surface area contributed by atoms with Crippen LogP contribution in [0.15, 0.2) is 0 Å². The van der Waals surface area contributed by atoms with E-state index >= 15 is 0 Å². The fourth-order valence-corrected chi connectivity index (χ4v) is 1.97. The van der Waals surface area contributed by atoms with Crippen molar-refractivity contribution in [3.63, 3.8) is 0 Å². The van der Waals surface area contributed by atoms with Crippen molar-refractivity contribution in [2.24, 2.45) is 0 Å². The zero-order valence-corrected chi connectivity index (χ0v) is 12.3. The van der Waals surface area contributed by atoms with Crippen LogP contribution < -0.4 is 5.32 Å². The van der Waals surface area contributed by atoms with E-state index in [4.69, 9.17) is 0 Å². The Balaban J connectivity index is 2.24. The van der Waals surface area contributed by atoms with E-state index in [0.29, 0.717) is 26.2 Å². The molecule has 0 atom stereocenters. The van der Waals surface area contributed by atoms with Crippen molar-refractivity contribution < 1.29 is 9.59 Å². The van der Waals surface area contributed by atoms with Gasteiger partial charge in [0.2, 0.25) is 11.8 Å². The molecule has 0 bridgehead atoms. The van der Waals surface area contributed by atoms with Gasteiger partial charge in [-0.3, -0.25) is 14.5 Å². The van der Waals surface area contributed by atoms with Crippen molar-refractivity contribution in [1.29, 1.82) is 0 Å². The summed E-state index contributed by atoms with van der Waals surface area (Å²) in [6.07, 6.45) is 1.04. The third-order valence-electron chi connectivity index (χ3n) is 3.29. The Morgan fingerprint density at radius 1 is 1.16 bits per heavy atom. The van der Waals surface area contributed by atoms with Crippen molar-refractivity contribution in [2.45, 2.75) is 13.3 Å². The molecular formula is C13H26N4O2. The summed E-state index contributed by atoms with van der Waals surface area (Å²) in [4.78, 5) is 29.1. The monoisotopic (exact) mass is 270 g/mol. The van der Waals surface area contributed by atoms with E-state index in [1.807, 2.05) is 4.90 Å². The first-order valence-electron chi connectivity index (χ1n) is 6.95. The van der Waals surface area contributed by atoms with Gasteiger partial charge in [-0.15, -0.1) is 0 Å². The second kappa shape index (κ2) is 8.12. The molecule has 1 aliphatic rings. The van der Waals surface area contributed by atoms with Gasteiger partial charge < -0.3 is 15.1 Å². The molecule has 19 heavy (non-hydrogen) atoms. The van der Waals surface area contributed by atoms with E-state index in [1.165, 1.54) is 0 Å². The van der Waals surface area contributed by atoms with Crippen LogP contribution in [0, 0.1) is 0 Å². The minimum atomic E-state index is 0.115. The maximum atomic E-state index is 11.9. The average Bonchev–Trinajstić information content (AvgIpc) is 2.39. The molecule has 1 aliphatic heterocycles. The number of hydrogen-bond donors (Lipinski definition) is 1. The number of hydrogen-bond acceptors (Lipinski definition) is 4. The Morgan fingerprint density at radius 3 is 2.32 bits per heavy atom. The third kappa shape index (κ3) is 5.57. The van der Waals surface area contributed by atoms with E-state index < -0.39 is 0 Å². The molecule has 0 radical (unpaired) electrons. The summed E-state index contributed by atoms with van der Waals surface area (Å²) in [7, 11) is 3.53. The lowest BCUT2D eigenvalue weighted by atomic mass is 10.3. The molecule has 1 fully saturated rings. The van der Waals surface area contributed by atoms with Gasteiger partial charge in [0.1, 0.15) is 0 Å². The second-order valence-corrected chi connectivity index (χ2v) is 5.12. The number of piperazine rings is 1. The predicted molar refractivity (Wildman–Crippen MR) is 74.9 cm³/mol. The van der Waals surface area contributed by atoms with Crippen LogP contribution in [-0.4, -0.2) is 86.4 Å². The molecule has 0 unspecified atom stereocenters. The summed E-state index contributed by atoms with van der Waals surface area (Å²) in [5.74, 6) is 0.274. The lowest BCUT2D eigenvalue weighted by Gasteiger charge is -2.34. The summed E-state index contributed by atoms with van der Waals surface area (Å²) in [6, 6.07) is 0. The highest BCUT2D eigenvalue weighted by molar-refractivity contribution is 5.79. The molecule has 0 aromatic rings. The van der Waals surface area contributed by atoms with Gasteiger partial charge in [0.15, 0.2) is 0 Å². The number of nitrogens with one attached hydrogen (secondary N) is 1. The van der Waals surface area contributed by atoms with Crippen molar-refractivity contribution in [3.05, 3.63) is 0 Å². The molecule has 0 aromatic carbocycles. The summed E-state index contributed by atoms with van der Waals surface area (Å²) in [5, 5.41) is 3.12. The molecule has 0 spiro atoms. The second-order valence-electron chi connectivity index (χ2n) is 5.12. The van der Waals surface area contributed by atoms with E-state index in [1.54, 1.807) is 19.0 Å². The Labute approximate surface area is 115 Å². The number of rotatable bonds is 6. The van der Waals surface area contributed by atoms with E-state index in [0.717, 1.165) is 26.1 Å². The van der Waals surface area contributed by atoms with Gasteiger partial charge in [-0.25, -0.2) is 0 Å². The lowest BCUT2D eigenvalue weighted by molar-refractivity contribution is -0.133. The molecule has 1 rings (SSSR count). The Hall–Kier alpha value is -1.14. The van der Waals surface area contributed by atoms with Gasteiger partial charge in [-0.05, 0) is 13.0 Å². The molecule has 2 amide bonds.